The summed E-state index contributed by atoms with van der Waals surface area (Å²) in [5.41, 5.74) is 7.58. The summed E-state index contributed by atoms with van der Waals surface area (Å²) in [6.07, 6.45) is 1.73. The molecule has 1 heterocycles. The van der Waals surface area contributed by atoms with Crippen LogP contribution in [0.4, 0.5) is 10.2 Å². The molecule has 0 aliphatic heterocycles. The molecular weight excluding hydrogens is 309 g/mol. The van der Waals surface area contributed by atoms with Crippen molar-refractivity contribution in [2.45, 2.75) is 13.1 Å². The molecule has 0 radical (unpaired) electrons. The van der Waals surface area contributed by atoms with Crippen LogP contribution in [0.15, 0.2) is 41.0 Å². The summed E-state index contributed by atoms with van der Waals surface area (Å²) >= 11 is 3.38. The van der Waals surface area contributed by atoms with Gasteiger partial charge in [-0.05, 0) is 39.7 Å². The Labute approximate surface area is 120 Å². The van der Waals surface area contributed by atoms with Crippen molar-refractivity contribution in [3.05, 3.63) is 57.9 Å². The molecule has 2 rings (SSSR count). The predicted molar refractivity (Wildman–Crippen MR) is 78.3 cm³/mol. The van der Waals surface area contributed by atoms with Crippen LogP contribution in [0.5, 0.6) is 0 Å². The van der Waals surface area contributed by atoms with Gasteiger partial charge in [0, 0.05) is 36.4 Å². The molecule has 5 heteroatoms. The standard InChI is InChI=1S/C14H15BrFN3/c1-19(9-10-3-2-4-13(16)5-10)14-11(7-17)6-12(15)8-18-14/h2-6,8H,7,9,17H2,1H3. The highest BCUT2D eigenvalue weighted by Crippen LogP contribution is 2.21. The van der Waals surface area contributed by atoms with Gasteiger partial charge in [-0.2, -0.15) is 0 Å². The molecule has 2 N–H and O–H groups in total. The van der Waals surface area contributed by atoms with E-state index >= 15 is 0 Å². The van der Waals surface area contributed by atoms with Crippen LogP contribution in [0.1, 0.15) is 11.1 Å². The van der Waals surface area contributed by atoms with E-state index in [-0.39, 0.29) is 5.82 Å². The largest absolute Gasteiger partial charge is 0.355 e. The maximum absolute atomic E-state index is 13.2. The first-order valence-electron chi connectivity index (χ1n) is 5.90. The number of nitrogens with zero attached hydrogens (tertiary/aromatic N) is 2. The number of nitrogens with two attached hydrogens (primary N) is 1. The van der Waals surface area contributed by atoms with E-state index in [2.05, 4.69) is 20.9 Å². The smallest absolute Gasteiger partial charge is 0.133 e. The number of halogens is 2. The second-order valence-corrected chi connectivity index (χ2v) is 5.24. The highest BCUT2D eigenvalue weighted by Gasteiger charge is 2.09. The van der Waals surface area contributed by atoms with Crippen LogP contribution in [0.25, 0.3) is 0 Å². The molecule has 0 saturated carbocycles. The fourth-order valence-corrected chi connectivity index (χ4v) is 2.33. The lowest BCUT2D eigenvalue weighted by molar-refractivity contribution is 0.625. The summed E-state index contributed by atoms with van der Waals surface area (Å²) in [6, 6.07) is 8.51. The van der Waals surface area contributed by atoms with Crippen molar-refractivity contribution >= 4 is 21.7 Å². The zero-order valence-electron chi connectivity index (χ0n) is 10.6. The van der Waals surface area contributed by atoms with Crippen molar-refractivity contribution in [1.82, 2.24) is 4.98 Å². The third-order valence-corrected chi connectivity index (χ3v) is 3.23. The minimum atomic E-state index is -0.228. The number of benzene rings is 1. The number of anilines is 1. The fraction of sp³-hybridized carbons (Fsp3) is 0.214. The third kappa shape index (κ3) is 3.52. The van der Waals surface area contributed by atoms with E-state index in [1.165, 1.54) is 12.1 Å². The molecule has 0 saturated heterocycles. The normalized spacial score (nSPS) is 10.5. The second kappa shape index (κ2) is 6.12. The Morgan fingerprint density at radius 3 is 2.84 bits per heavy atom. The summed E-state index contributed by atoms with van der Waals surface area (Å²) < 4.78 is 14.1. The van der Waals surface area contributed by atoms with Crippen molar-refractivity contribution in [3.63, 3.8) is 0 Å². The minimum absolute atomic E-state index is 0.228. The first kappa shape index (κ1) is 14.0. The molecular formula is C14H15BrFN3. The monoisotopic (exact) mass is 323 g/mol. The first-order valence-corrected chi connectivity index (χ1v) is 6.69. The first-order chi connectivity index (χ1) is 9.10. The van der Waals surface area contributed by atoms with Crippen molar-refractivity contribution < 1.29 is 4.39 Å². The van der Waals surface area contributed by atoms with Gasteiger partial charge in [-0.15, -0.1) is 0 Å². The molecule has 0 aliphatic rings. The lowest BCUT2D eigenvalue weighted by atomic mass is 10.2. The van der Waals surface area contributed by atoms with Crippen molar-refractivity contribution in [2.75, 3.05) is 11.9 Å². The zero-order chi connectivity index (χ0) is 13.8. The van der Waals surface area contributed by atoms with Crippen LogP contribution in [0.2, 0.25) is 0 Å². The number of aromatic nitrogens is 1. The van der Waals surface area contributed by atoms with E-state index in [0.717, 1.165) is 21.4 Å². The molecule has 0 spiro atoms. The average Bonchev–Trinajstić information content (AvgIpc) is 2.38. The number of hydrogen-bond acceptors (Lipinski definition) is 3. The number of rotatable bonds is 4. The van der Waals surface area contributed by atoms with Gasteiger partial charge in [-0.3, -0.25) is 0 Å². The third-order valence-electron chi connectivity index (χ3n) is 2.80. The molecule has 3 nitrogen and oxygen atoms in total. The van der Waals surface area contributed by atoms with E-state index in [1.54, 1.807) is 12.3 Å². The molecule has 1 aromatic heterocycles. The lowest BCUT2D eigenvalue weighted by Crippen LogP contribution is -2.20. The van der Waals surface area contributed by atoms with Gasteiger partial charge in [-0.25, -0.2) is 9.37 Å². The molecule has 0 atom stereocenters. The maximum Gasteiger partial charge on any atom is 0.133 e. The van der Waals surface area contributed by atoms with E-state index in [9.17, 15) is 4.39 Å². The van der Waals surface area contributed by atoms with Crippen LogP contribution < -0.4 is 10.6 Å². The van der Waals surface area contributed by atoms with Gasteiger partial charge >= 0.3 is 0 Å². The Hall–Kier alpha value is -1.46. The van der Waals surface area contributed by atoms with Gasteiger partial charge in [0.25, 0.3) is 0 Å². The van der Waals surface area contributed by atoms with Gasteiger partial charge in [-0.1, -0.05) is 12.1 Å². The van der Waals surface area contributed by atoms with Gasteiger partial charge < -0.3 is 10.6 Å². The summed E-state index contributed by atoms with van der Waals surface area (Å²) in [5.74, 6) is 0.587. The van der Waals surface area contributed by atoms with E-state index in [0.29, 0.717) is 13.1 Å². The van der Waals surface area contributed by atoms with Crippen LogP contribution >= 0.6 is 15.9 Å². The van der Waals surface area contributed by atoms with Crippen molar-refractivity contribution in [2.24, 2.45) is 5.73 Å². The SMILES string of the molecule is CN(Cc1cccc(F)c1)c1ncc(Br)cc1CN. The van der Waals surface area contributed by atoms with Gasteiger partial charge in [0.1, 0.15) is 11.6 Å². The van der Waals surface area contributed by atoms with Crippen LogP contribution in [-0.2, 0) is 13.1 Å². The Bertz CT molecular complexity index is 574. The van der Waals surface area contributed by atoms with Gasteiger partial charge in [0.2, 0.25) is 0 Å². The second-order valence-electron chi connectivity index (χ2n) is 4.33. The summed E-state index contributed by atoms with van der Waals surface area (Å²) in [6.45, 7) is 0.995. The lowest BCUT2D eigenvalue weighted by Gasteiger charge is -2.21. The molecule has 0 fully saturated rings. The summed E-state index contributed by atoms with van der Waals surface area (Å²) in [5, 5.41) is 0. The molecule has 2 aromatic rings. The molecule has 1 aromatic carbocycles. The summed E-state index contributed by atoms with van der Waals surface area (Å²) in [4.78, 5) is 6.33. The average molecular weight is 324 g/mol. The predicted octanol–water partition coefficient (Wildman–Crippen LogP) is 3.08. The van der Waals surface area contributed by atoms with E-state index in [1.807, 2.05) is 24.1 Å². The van der Waals surface area contributed by atoms with Gasteiger partial charge in [0.15, 0.2) is 0 Å². The minimum Gasteiger partial charge on any atom is -0.355 e. The topological polar surface area (TPSA) is 42.2 Å². The molecule has 0 unspecified atom stereocenters. The number of pyridine rings is 1. The molecule has 0 amide bonds. The fourth-order valence-electron chi connectivity index (χ4n) is 1.95. The quantitative estimate of drug-likeness (QED) is 0.940. The van der Waals surface area contributed by atoms with Crippen LogP contribution in [-0.4, -0.2) is 12.0 Å². The van der Waals surface area contributed by atoms with Crippen molar-refractivity contribution in [1.29, 1.82) is 0 Å². The molecule has 0 bridgehead atoms. The Balaban J connectivity index is 2.22. The Morgan fingerprint density at radius 2 is 2.16 bits per heavy atom. The number of hydrogen-bond donors (Lipinski definition) is 1. The molecule has 0 aliphatic carbocycles. The summed E-state index contributed by atoms with van der Waals surface area (Å²) in [7, 11) is 1.92. The van der Waals surface area contributed by atoms with Crippen LogP contribution in [0.3, 0.4) is 0 Å². The van der Waals surface area contributed by atoms with E-state index < -0.39 is 0 Å². The maximum atomic E-state index is 13.2. The van der Waals surface area contributed by atoms with Crippen molar-refractivity contribution in [3.8, 4) is 0 Å². The highest BCUT2D eigenvalue weighted by molar-refractivity contribution is 9.10. The zero-order valence-corrected chi connectivity index (χ0v) is 12.2. The Morgan fingerprint density at radius 1 is 1.37 bits per heavy atom. The van der Waals surface area contributed by atoms with E-state index in [4.69, 9.17) is 5.73 Å². The van der Waals surface area contributed by atoms with Crippen LogP contribution in [0, 0.1) is 5.82 Å². The highest BCUT2D eigenvalue weighted by atomic mass is 79.9. The Kier molecular flexibility index (Phi) is 4.50. The van der Waals surface area contributed by atoms with Gasteiger partial charge in [0.05, 0.1) is 0 Å². The molecule has 100 valence electrons. The molecule has 19 heavy (non-hydrogen) atoms.